The minimum atomic E-state index is 0.361. The van der Waals surface area contributed by atoms with Crippen LogP contribution in [-0.2, 0) is 6.54 Å². The third-order valence-electron chi connectivity index (χ3n) is 3.71. The van der Waals surface area contributed by atoms with Gasteiger partial charge in [0.25, 0.3) is 0 Å². The number of benzene rings is 1. The molecular weight excluding hydrogens is 391 g/mol. The molecule has 9 heteroatoms. The number of aromatic amines is 1. The molecule has 3 rings (SSSR count). The second-order valence-electron chi connectivity index (χ2n) is 6.25. The molecule has 3 aromatic rings. The lowest BCUT2D eigenvalue weighted by Crippen LogP contribution is -2.06. The molecule has 0 aliphatic rings. The van der Waals surface area contributed by atoms with Crippen LogP contribution < -0.4 is 0 Å². The summed E-state index contributed by atoms with van der Waals surface area (Å²) in [7, 11) is 0. The maximum atomic E-state index is 6.47. The van der Waals surface area contributed by atoms with E-state index in [9.17, 15) is 0 Å². The van der Waals surface area contributed by atoms with Crippen LogP contribution in [0.1, 0.15) is 25.1 Å². The quantitative estimate of drug-likeness (QED) is 0.479. The summed E-state index contributed by atoms with van der Waals surface area (Å²) < 4.78 is 3.66. The van der Waals surface area contributed by atoms with E-state index in [1.54, 1.807) is 17.0 Å². The Morgan fingerprint density at radius 3 is 2.73 bits per heavy atom. The molecule has 0 atom stereocenters. The van der Waals surface area contributed by atoms with E-state index in [0.29, 0.717) is 26.7 Å². The largest absolute Gasteiger partial charge is 0.253 e. The molecule has 0 aliphatic heterocycles. The van der Waals surface area contributed by atoms with E-state index >= 15 is 0 Å². The molecule has 0 bridgehead atoms. The first-order valence-electron chi connectivity index (χ1n) is 8.08. The Labute approximate surface area is 166 Å². The highest BCUT2D eigenvalue weighted by molar-refractivity contribution is 7.71. The molecule has 0 saturated carbocycles. The summed E-state index contributed by atoms with van der Waals surface area (Å²) >= 11 is 18.0. The Morgan fingerprint density at radius 2 is 2.04 bits per heavy atom. The second kappa shape index (κ2) is 7.73. The SMILES string of the molecule is Cc1nn(CC(C)C)c(Cl)c1C=Nn1c(-c2ccccc2Cl)n[nH]c1=S. The molecule has 6 nitrogen and oxygen atoms in total. The number of hydrogen-bond acceptors (Lipinski definition) is 4. The molecule has 136 valence electrons. The van der Waals surface area contributed by atoms with Crippen molar-refractivity contribution in [1.29, 1.82) is 0 Å². The van der Waals surface area contributed by atoms with Crippen LogP contribution in [0.5, 0.6) is 0 Å². The lowest BCUT2D eigenvalue weighted by Gasteiger charge is -2.05. The Balaban J connectivity index is 2.01. The van der Waals surface area contributed by atoms with Crippen molar-refractivity contribution in [2.45, 2.75) is 27.3 Å². The molecule has 1 aromatic carbocycles. The van der Waals surface area contributed by atoms with Gasteiger partial charge in [-0.15, -0.1) is 0 Å². The highest BCUT2D eigenvalue weighted by Crippen LogP contribution is 2.26. The Hall–Kier alpha value is -1.96. The zero-order valence-corrected chi connectivity index (χ0v) is 16.9. The summed E-state index contributed by atoms with van der Waals surface area (Å²) in [5.74, 6) is 0.964. The minimum absolute atomic E-state index is 0.361. The van der Waals surface area contributed by atoms with E-state index < -0.39 is 0 Å². The molecule has 0 radical (unpaired) electrons. The summed E-state index contributed by atoms with van der Waals surface area (Å²) in [6.45, 7) is 6.86. The number of H-pyrrole nitrogens is 1. The molecule has 0 amide bonds. The van der Waals surface area contributed by atoms with Gasteiger partial charge in [-0.1, -0.05) is 49.2 Å². The van der Waals surface area contributed by atoms with Crippen molar-refractivity contribution in [3.05, 3.63) is 50.5 Å². The van der Waals surface area contributed by atoms with Gasteiger partial charge >= 0.3 is 0 Å². The summed E-state index contributed by atoms with van der Waals surface area (Å²) in [6.07, 6.45) is 1.65. The minimum Gasteiger partial charge on any atom is -0.253 e. The van der Waals surface area contributed by atoms with E-state index in [-0.39, 0.29) is 0 Å². The van der Waals surface area contributed by atoms with Crippen LogP contribution in [0.15, 0.2) is 29.4 Å². The van der Waals surface area contributed by atoms with Gasteiger partial charge in [-0.05, 0) is 37.2 Å². The van der Waals surface area contributed by atoms with Gasteiger partial charge in [0.1, 0.15) is 5.15 Å². The van der Waals surface area contributed by atoms with Crippen LogP contribution in [0.25, 0.3) is 11.4 Å². The molecule has 0 aliphatic carbocycles. The zero-order valence-electron chi connectivity index (χ0n) is 14.6. The van der Waals surface area contributed by atoms with E-state index in [1.807, 2.05) is 25.1 Å². The molecule has 26 heavy (non-hydrogen) atoms. The van der Waals surface area contributed by atoms with Crippen molar-refractivity contribution in [3.63, 3.8) is 0 Å². The Bertz CT molecular complexity index is 1010. The zero-order chi connectivity index (χ0) is 18.8. The average molecular weight is 409 g/mol. The van der Waals surface area contributed by atoms with Gasteiger partial charge in [0.05, 0.1) is 22.5 Å². The molecule has 2 aromatic heterocycles. The van der Waals surface area contributed by atoms with Gasteiger partial charge in [0.2, 0.25) is 4.77 Å². The number of nitrogens with one attached hydrogen (secondary N) is 1. The highest BCUT2D eigenvalue weighted by atomic mass is 35.5. The highest BCUT2D eigenvalue weighted by Gasteiger charge is 2.14. The lowest BCUT2D eigenvalue weighted by molar-refractivity contribution is 0.482. The number of rotatable bonds is 5. The predicted molar refractivity (Wildman–Crippen MR) is 108 cm³/mol. The molecule has 2 heterocycles. The van der Waals surface area contributed by atoms with Crippen LogP contribution in [0.4, 0.5) is 0 Å². The summed E-state index contributed by atoms with van der Waals surface area (Å²) in [5, 5.41) is 17.1. The van der Waals surface area contributed by atoms with Gasteiger partial charge in [-0.25, -0.2) is 5.10 Å². The monoisotopic (exact) mass is 408 g/mol. The van der Waals surface area contributed by atoms with E-state index in [0.717, 1.165) is 23.4 Å². The van der Waals surface area contributed by atoms with Crippen molar-refractivity contribution < 1.29 is 0 Å². The number of halogens is 2. The fourth-order valence-electron chi connectivity index (χ4n) is 2.51. The molecule has 0 fully saturated rings. The lowest BCUT2D eigenvalue weighted by atomic mass is 10.2. The number of nitrogens with zero attached hydrogens (tertiary/aromatic N) is 5. The number of aryl methyl sites for hydroxylation is 1. The summed E-state index contributed by atoms with van der Waals surface area (Å²) in [6, 6.07) is 7.38. The predicted octanol–water partition coefficient (Wildman–Crippen LogP) is 4.96. The summed E-state index contributed by atoms with van der Waals surface area (Å²) in [4.78, 5) is 0. The molecule has 1 N–H and O–H groups in total. The van der Waals surface area contributed by atoms with Gasteiger partial charge < -0.3 is 0 Å². The van der Waals surface area contributed by atoms with E-state index in [1.165, 1.54) is 4.68 Å². The molecule has 0 saturated heterocycles. The Kier molecular flexibility index (Phi) is 5.60. The van der Waals surface area contributed by atoms with Crippen LogP contribution >= 0.6 is 35.4 Å². The molecule has 0 unspecified atom stereocenters. The molecule has 0 spiro atoms. The average Bonchev–Trinajstić information content (AvgIpc) is 3.06. The van der Waals surface area contributed by atoms with Crippen LogP contribution in [-0.4, -0.2) is 30.9 Å². The van der Waals surface area contributed by atoms with Crippen molar-refractivity contribution in [2.75, 3.05) is 0 Å². The third kappa shape index (κ3) is 3.75. The van der Waals surface area contributed by atoms with Crippen molar-refractivity contribution in [3.8, 4) is 11.4 Å². The fourth-order valence-corrected chi connectivity index (χ4v) is 3.20. The topological polar surface area (TPSA) is 63.8 Å². The second-order valence-corrected chi connectivity index (χ2v) is 7.41. The van der Waals surface area contributed by atoms with Crippen molar-refractivity contribution >= 4 is 41.6 Å². The first-order chi connectivity index (χ1) is 12.4. The third-order valence-corrected chi connectivity index (χ3v) is 4.71. The van der Waals surface area contributed by atoms with Gasteiger partial charge in [-0.2, -0.15) is 20.0 Å². The first kappa shape index (κ1) is 18.8. The van der Waals surface area contributed by atoms with E-state index in [2.05, 4.69) is 34.2 Å². The van der Waals surface area contributed by atoms with Crippen LogP contribution in [0.2, 0.25) is 10.2 Å². The normalized spacial score (nSPS) is 11.8. The van der Waals surface area contributed by atoms with Gasteiger partial charge in [0.15, 0.2) is 5.82 Å². The maximum Gasteiger partial charge on any atom is 0.216 e. The first-order valence-corrected chi connectivity index (χ1v) is 9.24. The van der Waals surface area contributed by atoms with Crippen molar-refractivity contribution in [1.82, 2.24) is 24.7 Å². The van der Waals surface area contributed by atoms with Crippen LogP contribution in [0.3, 0.4) is 0 Å². The maximum absolute atomic E-state index is 6.47. The standard InChI is InChI=1S/C17H18Cl2N6S/c1-10(2)9-24-15(19)13(11(3)23-24)8-20-25-16(21-22-17(25)26)12-6-4-5-7-14(12)18/h4-8,10H,9H2,1-3H3,(H,22,26). The van der Waals surface area contributed by atoms with Crippen molar-refractivity contribution in [2.24, 2.45) is 11.0 Å². The van der Waals surface area contributed by atoms with Gasteiger partial charge in [0, 0.05) is 12.1 Å². The smallest absolute Gasteiger partial charge is 0.216 e. The van der Waals surface area contributed by atoms with Crippen LogP contribution in [0, 0.1) is 17.6 Å². The summed E-state index contributed by atoms with van der Waals surface area (Å²) in [5.41, 5.74) is 2.28. The molecular formula is C17H18Cl2N6S. The van der Waals surface area contributed by atoms with E-state index in [4.69, 9.17) is 35.4 Å². The fraction of sp³-hybridized carbons (Fsp3) is 0.294. The Morgan fingerprint density at radius 1 is 1.31 bits per heavy atom. The van der Waals surface area contributed by atoms with Gasteiger partial charge in [-0.3, -0.25) is 4.68 Å². The number of aromatic nitrogens is 5. The number of hydrogen-bond donors (Lipinski definition) is 1.